The number of rotatable bonds is 7. The lowest BCUT2D eigenvalue weighted by atomic mass is 9.92. The van der Waals surface area contributed by atoms with Gasteiger partial charge >= 0.3 is 5.97 Å². The van der Waals surface area contributed by atoms with Gasteiger partial charge in [0.05, 0.1) is 5.92 Å². The van der Waals surface area contributed by atoms with Gasteiger partial charge in [-0.3, -0.25) is 4.79 Å². The minimum atomic E-state index is -0.326. The molecule has 0 saturated carbocycles. The van der Waals surface area contributed by atoms with Crippen LogP contribution in [0.4, 0.5) is 0 Å². The Labute approximate surface area is 191 Å². The molecule has 0 fully saturated rings. The first-order valence-electron chi connectivity index (χ1n) is 10.2. The third kappa shape index (κ3) is 5.09. The van der Waals surface area contributed by atoms with Gasteiger partial charge in [-0.25, -0.2) is 0 Å². The maximum atomic E-state index is 13.1. The van der Waals surface area contributed by atoms with E-state index in [0.29, 0.717) is 10.8 Å². The summed E-state index contributed by atoms with van der Waals surface area (Å²) in [6.07, 6.45) is 0. The second kappa shape index (κ2) is 9.54. The van der Waals surface area contributed by atoms with Crippen LogP contribution in [0.1, 0.15) is 30.2 Å². The number of benzene rings is 3. The van der Waals surface area contributed by atoms with Gasteiger partial charge in [0.2, 0.25) is 0 Å². The highest BCUT2D eigenvalue weighted by atomic mass is 35.5. The number of esters is 1. The number of halogens is 1. The van der Waals surface area contributed by atoms with Crippen molar-refractivity contribution in [3.63, 3.8) is 0 Å². The molecule has 0 aliphatic heterocycles. The molecule has 0 spiro atoms. The summed E-state index contributed by atoms with van der Waals surface area (Å²) in [4.78, 5) is 14.1. The Morgan fingerprint density at radius 2 is 1.74 bits per heavy atom. The Bertz CT molecular complexity index is 1180. The third-order valence-electron chi connectivity index (χ3n) is 5.05. The summed E-state index contributed by atoms with van der Waals surface area (Å²) in [6.45, 7) is 4.28. The topological polar surface area (TPSA) is 35.5 Å². The third-order valence-corrected chi connectivity index (χ3v) is 6.39. The maximum Gasteiger partial charge on any atom is 0.314 e. The summed E-state index contributed by atoms with van der Waals surface area (Å²) in [5.41, 5.74) is 0.882. The Kier molecular flexibility index (Phi) is 6.59. The van der Waals surface area contributed by atoms with Crippen molar-refractivity contribution in [2.75, 3.05) is 0 Å². The lowest BCUT2D eigenvalue weighted by molar-refractivity contribution is -0.147. The molecule has 0 aliphatic carbocycles. The van der Waals surface area contributed by atoms with Crippen LogP contribution in [0.3, 0.4) is 0 Å². The second-order valence-corrected chi connectivity index (χ2v) is 9.07. The van der Waals surface area contributed by atoms with Gasteiger partial charge < -0.3 is 9.47 Å². The average molecular weight is 451 g/mol. The number of para-hydroxylation sites is 1. The molecule has 1 heterocycles. The fourth-order valence-corrected chi connectivity index (χ4v) is 4.99. The Hall–Kier alpha value is -2.82. The standard InChI is InChI=1S/C26H23ClO3S/c1-17(2)24(25-23-12-11-20(27)14-19(23)16-31-25)26(28)29-15-18-7-6-10-22(13-18)30-21-8-4-3-5-9-21/h3-14,16-17,24H,15H2,1-2H3. The quantitative estimate of drug-likeness (QED) is 0.269. The van der Waals surface area contributed by atoms with Crippen molar-refractivity contribution in [3.8, 4) is 11.5 Å². The van der Waals surface area contributed by atoms with Gasteiger partial charge in [0, 0.05) is 9.90 Å². The van der Waals surface area contributed by atoms with E-state index >= 15 is 0 Å². The first-order valence-corrected chi connectivity index (χ1v) is 11.4. The van der Waals surface area contributed by atoms with Crippen LogP contribution < -0.4 is 4.74 Å². The zero-order valence-electron chi connectivity index (χ0n) is 17.4. The van der Waals surface area contributed by atoms with E-state index in [1.165, 1.54) is 0 Å². The molecule has 31 heavy (non-hydrogen) atoms. The molecule has 0 radical (unpaired) electrons. The molecule has 3 aromatic carbocycles. The van der Waals surface area contributed by atoms with E-state index < -0.39 is 0 Å². The molecule has 1 atom stereocenters. The summed E-state index contributed by atoms with van der Waals surface area (Å²) in [5, 5.41) is 4.85. The predicted octanol–water partition coefficient (Wildman–Crippen LogP) is 7.83. The Balaban J connectivity index is 1.48. The van der Waals surface area contributed by atoms with Crippen molar-refractivity contribution in [2.24, 2.45) is 5.92 Å². The van der Waals surface area contributed by atoms with Gasteiger partial charge in [0.25, 0.3) is 0 Å². The molecule has 3 nitrogen and oxygen atoms in total. The minimum Gasteiger partial charge on any atom is -0.460 e. The molecular formula is C26H23ClO3S. The largest absolute Gasteiger partial charge is 0.460 e. The molecule has 5 heteroatoms. The van der Waals surface area contributed by atoms with Crippen LogP contribution in [-0.4, -0.2) is 5.97 Å². The van der Waals surface area contributed by atoms with E-state index in [1.54, 1.807) is 11.3 Å². The first-order chi connectivity index (χ1) is 15.0. The fraction of sp³-hybridized carbons (Fsp3) is 0.192. The van der Waals surface area contributed by atoms with Crippen LogP contribution in [0.15, 0.2) is 78.2 Å². The second-order valence-electron chi connectivity index (χ2n) is 7.72. The molecule has 0 saturated heterocycles. The lowest BCUT2D eigenvalue weighted by Crippen LogP contribution is -2.20. The summed E-state index contributed by atoms with van der Waals surface area (Å²) >= 11 is 7.70. The summed E-state index contributed by atoms with van der Waals surface area (Å²) in [6, 6.07) is 23.0. The SMILES string of the molecule is CC(C)C(C(=O)OCc1cccc(Oc2ccccc2)c1)c1scc2cc(Cl)ccc12. The highest BCUT2D eigenvalue weighted by Crippen LogP contribution is 2.38. The predicted molar refractivity (Wildman–Crippen MR) is 127 cm³/mol. The van der Waals surface area contributed by atoms with E-state index in [1.807, 2.05) is 92.0 Å². The van der Waals surface area contributed by atoms with Crippen molar-refractivity contribution >= 4 is 39.7 Å². The van der Waals surface area contributed by atoms with Crippen molar-refractivity contribution < 1.29 is 14.3 Å². The lowest BCUT2D eigenvalue weighted by Gasteiger charge is -2.19. The molecule has 0 N–H and O–H groups in total. The summed E-state index contributed by atoms with van der Waals surface area (Å²) < 4.78 is 11.6. The molecule has 0 aliphatic rings. The van der Waals surface area contributed by atoms with E-state index in [2.05, 4.69) is 0 Å². The highest BCUT2D eigenvalue weighted by molar-refractivity contribution is 7.11. The Morgan fingerprint density at radius 1 is 0.968 bits per heavy atom. The highest BCUT2D eigenvalue weighted by Gasteiger charge is 2.29. The molecule has 158 valence electrons. The van der Waals surface area contributed by atoms with Crippen LogP contribution >= 0.6 is 22.9 Å². The smallest absolute Gasteiger partial charge is 0.314 e. The molecule has 0 amide bonds. The zero-order valence-corrected chi connectivity index (χ0v) is 19.0. The number of fused-ring (bicyclic) bond motifs is 1. The van der Waals surface area contributed by atoms with E-state index in [-0.39, 0.29) is 24.4 Å². The van der Waals surface area contributed by atoms with Crippen LogP contribution in [-0.2, 0) is 16.1 Å². The number of thiophene rings is 1. The van der Waals surface area contributed by atoms with Crippen LogP contribution in [0, 0.1) is 5.92 Å². The van der Waals surface area contributed by atoms with Crippen LogP contribution in [0.2, 0.25) is 5.02 Å². The molecule has 0 bridgehead atoms. The maximum absolute atomic E-state index is 13.1. The number of carbonyl (C=O) groups is 1. The van der Waals surface area contributed by atoms with Crippen molar-refractivity contribution in [1.82, 2.24) is 0 Å². The van der Waals surface area contributed by atoms with Gasteiger partial charge in [-0.2, -0.15) is 0 Å². The van der Waals surface area contributed by atoms with Gasteiger partial charge in [0.15, 0.2) is 0 Å². The summed E-state index contributed by atoms with van der Waals surface area (Å²) in [7, 11) is 0. The van der Waals surface area contributed by atoms with Gasteiger partial charge in [-0.1, -0.05) is 61.8 Å². The number of hydrogen-bond donors (Lipinski definition) is 0. The zero-order chi connectivity index (χ0) is 21.8. The van der Waals surface area contributed by atoms with Gasteiger partial charge in [-0.05, 0) is 64.0 Å². The molecule has 4 rings (SSSR count). The van der Waals surface area contributed by atoms with E-state index in [4.69, 9.17) is 21.1 Å². The van der Waals surface area contributed by atoms with Gasteiger partial charge in [0.1, 0.15) is 18.1 Å². The Morgan fingerprint density at radius 3 is 2.52 bits per heavy atom. The van der Waals surface area contributed by atoms with Crippen molar-refractivity contribution in [2.45, 2.75) is 26.4 Å². The number of carbonyl (C=O) groups excluding carboxylic acids is 1. The molecule has 1 unspecified atom stereocenters. The molecular weight excluding hydrogens is 428 g/mol. The van der Waals surface area contributed by atoms with Crippen LogP contribution in [0.5, 0.6) is 11.5 Å². The number of hydrogen-bond acceptors (Lipinski definition) is 4. The first kappa shape index (κ1) is 21.4. The molecule has 1 aromatic heterocycles. The van der Waals surface area contributed by atoms with Crippen molar-refractivity contribution in [1.29, 1.82) is 0 Å². The van der Waals surface area contributed by atoms with Gasteiger partial charge in [-0.15, -0.1) is 11.3 Å². The van der Waals surface area contributed by atoms with Crippen LogP contribution in [0.25, 0.3) is 10.8 Å². The van der Waals surface area contributed by atoms with Crippen molar-refractivity contribution in [3.05, 3.63) is 93.6 Å². The van der Waals surface area contributed by atoms with E-state index in [9.17, 15) is 4.79 Å². The minimum absolute atomic E-state index is 0.109. The monoisotopic (exact) mass is 450 g/mol. The fourth-order valence-electron chi connectivity index (χ4n) is 3.54. The average Bonchev–Trinajstić information content (AvgIpc) is 3.15. The molecule has 4 aromatic rings. The van der Waals surface area contributed by atoms with E-state index in [0.717, 1.165) is 27.0 Å². The summed E-state index contributed by atoms with van der Waals surface area (Å²) in [5.74, 6) is 1.04. The number of ether oxygens (including phenoxy) is 2. The normalized spacial score (nSPS) is 12.1.